The first-order valence-electron chi connectivity index (χ1n) is 5.69. The topological polar surface area (TPSA) is 76.1 Å². The van der Waals surface area contributed by atoms with Gasteiger partial charge in [0.05, 0.1) is 11.9 Å². The molecule has 1 aromatic heterocycles. The van der Waals surface area contributed by atoms with Crippen LogP contribution < -0.4 is 5.32 Å². The van der Waals surface area contributed by atoms with Crippen molar-refractivity contribution >= 4 is 49.0 Å². The van der Waals surface area contributed by atoms with Gasteiger partial charge in [-0.3, -0.25) is 4.79 Å². The molecule has 1 N–H and O–H groups in total. The molecule has 5 nitrogen and oxygen atoms in total. The van der Waals surface area contributed by atoms with Gasteiger partial charge < -0.3 is 5.32 Å². The van der Waals surface area contributed by atoms with Crippen molar-refractivity contribution in [2.24, 2.45) is 0 Å². The highest BCUT2D eigenvalue weighted by Crippen LogP contribution is 2.20. The van der Waals surface area contributed by atoms with Crippen molar-refractivity contribution in [3.05, 3.63) is 51.6 Å². The maximum Gasteiger partial charge on any atom is 0.255 e. The summed E-state index contributed by atoms with van der Waals surface area (Å²) in [6.07, 6.45) is 2.35. The van der Waals surface area contributed by atoms with E-state index in [1.54, 1.807) is 12.1 Å². The van der Waals surface area contributed by atoms with Gasteiger partial charge in [0.15, 0.2) is 14.9 Å². The SMILES string of the molecule is CS(=O)(=O)c1ccc(NC(=O)c2cc(Cl)cc(Br)c2)cn1. The molecule has 8 heteroatoms. The van der Waals surface area contributed by atoms with E-state index >= 15 is 0 Å². The number of nitrogens with zero attached hydrogens (tertiary/aromatic N) is 1. The van der Waals surface area contributed by atoms with E-state index in [4.69, 9.17) is 11.6 Å². The Morgan fingerprint density at radius 3 is 2.52 bits per heavy atom. The minimum atomic E-state index is -3.36. The maximum atomic E-state index is 12.1. The summed E-state index contributed by atoms with van der Waals surface area (Å²) in [5.74, 6) is -0.368. The van der Waals surface area contributed by atoms with Crippen molar-refractivity contribution in [3.8, 4) is 0 Å². The number of nitrogens with one attached hydrogen (secondary N) is 1. The first-order chi connectivity index (χ1) is 9.75. The van der Waals surface area contributed by atoms with Crippen LogP contribution in [0.2, 0.25) is 5.02 Å². The second-order valence-electron chi connectivity index (χ2n) is 4.27. The van der Waals surface area contributed by atoms with Crippen LogP contribution in [0, 0.1) is 0 Å². The number of pyridine rings is 1. The Bertz CT molecular complexity index is 771. The summed E-state index contributed by atoms with van der Waals surface area (Å²) >= 11 is 9.13. The van der Waals surface area contributed by atoms with Gasteiger partial charge in [-0.25, -0.2) is 13.4 Å². The highest BCUT2D eigenvalue weighted by atomic mass is 79.9. The van der Waals surface area contributed by atoms with Gasteiger partial charge in [0, 0.05) is 21.3 Å². The molecule has 0 aliphatic carbocycles. The fourth-order valence-corrected chi connectivity index (χ4v) is 2.98. The summed E-state index contributed by atoms with van der Waals surface area (Å²) in [7, 11) is -3.36. The number of hydrogen-bond acceptors (Lipinski definition) is 4. The van der Waals surface area contributed by atoms with Crippen LogP contribution in [-0.4, -0.2) is 25.6 Å². The predicted molar refractivity (Wildman–Crippen MR) is 84.5 cm³/mol. The van der Waals surface area contributed by atoms with E-state index in [2.05, 4.69) is 26.2 Å². The van der Waals surface area contributed by atoms with Crippen molar-refractivity contribution in [1.29, 1.82) is 0 Å². The lowest BCUT2D eigenvalue weighted by Gasteiger charge is -2.06. The van der Waals surface area contributed by atoms with E-state index < -0.39 is 9.84 Å². The van der Waals surface area contributed by atoms with Gasteiger partial charge in [0.1, 0.15) is 0 Å². The van der Waals surface area contributed by atoms with Crippen molar-refractivity contribution in [2.45, 2.75) is 5.03 Å². The van der Waals surface area contributed by atoms with Crippen LogP contribution in [0.25, 0.3) is 0 Å². The maximum absolute atomic E-state index is 12.1. The molecule has 0 bridgehead atoms. The number of carbonyl (C=O) groups excluding carboxylic acids is 1. The Kier molecular flexibility index (Phi) is 4.65. The van der Waals surface area contributed by atoms with Gasteiger partial charge in [0.25, 0.3) is 5.91 Å². The third-order valence-electron chi connectivity index (χ3n) is 2.50. The van der Waals surface area contributed by atoms with Gasteiger partial charge in [-0.1, -0.05) is 27.5 Å². The summed E-state index contributed by atoms with van der Waals surface area (Å²) in [4.78, 5) is 15.9. The van der Waals surface area contributed by atoms with Crippen LogP contribution in [0.3, 0.4) is 0 Å². The molecule has 0 saturated carbocycles. The van der Waals surface area contributed by atoms with Gasteiger partial charge in [0.2, 0.25) is 0 Å². The summed E-state index contributed by atoms with van der Waals surface area (Å²) in [6, 6.07) is 7.62. The molecule has 21 heavy (non-hydrogen) atoms. The normalized spacial score (nSPS) is 11.2. The van der Waals surface area contributed by atoms with E-state index in [1.165, 1.54) is 24.4 Å². The van der Waals surface area contributed by atoms with E-state index in [0.717, 1.165) is 6.26 Å². The molecule has 0 aliphatic rings. The summed E-state index contributed by atoms with van der Waals surface area (Å²) in [5.41, 5.74) is 0.769. The molecule has 0 radical (unpaired) electrons. The molecule has 1 heterocycles. The smallest absolute Gasteiger partial charge is 0.255 e. The molecule has 0 unspecified atom stereocenters. The number of hydrogen-bond donors (Lipinski definition) is 1. The zero-order chi connectivity index (χ0) is 15.6. The third kappa shape index (κ3) is 4.26. The molecule has 0 saturated heterocycles. The molecule has 2 aromatic rings. The molecular weight excluding hydrogens is 380 g/mol. The van der Waals surface area contributed by atoms with Gasteiger partial charge >= 0.3 is 0 Å². The predicted octanol–water partition coefficient (Wildman–Crippen LogP) is 3.15. The Morgan fingerprint density at radius 1 is 1.29 bits per heavy atom. The zero-order valence-corrected chi connectivity index (χ0v) is 14.0. The number of halogens is 2. The van der Waals surface area contributed by atoms with Crippen LogP contribution in [0.1, 0.15) is 10.4 Å². The highest BCUT2D eigenvalue weighted by molar-refractivity contribution is 9.10. The van der Waals surface area contributed by atoms with Crippen molar-refractivity contribution in [1.82, 2.24) is 4.98 Å². The Labute approximate surface area is 135 Å². The third-order valence-corrected chi connectivity index (χ3v) is 4.18. The number of benzene rings is 1. The first kappa shape index (κ1) is 15.9. The van der Waals surface area contributed by atoms with E-state index in [0.29, 0.717) is 20.7 Å². The molecular formula is C13H10BrClN2O3S. The van der Waals surface area contributed by atoms with Crippen LogP contribution in [0.5, 0.6) is 0 Å². The van der Waals surface area contributed by atoms with Crippen molar-refractivity contribution < 1.29 is 13.2 Å². The summed E-state index contributed by atoms with van der Waals surface area (Å²) in [5, 5.41) is 3.00. The molecule has 0 spiro atoms. The molecule has 2 rings (SSSR count). The van der Waals surface area contributed by atoms with Crippen molar-refractivity contribution in [2.75, 3.05) is 11.6 Å². The number of carbonyl (C=O) groups is 1. The largest absolute Gasteiger partial charge is 0.321 e. The molecule has 1 amide bonds. The Balaban J connectivity index is 2.20. The lowest BCUT2D eigenvalue weighted by molar-refractivity contribution is 0.102. The zero-order valence-electron chi connectivity index (χ0n) is 10.8. The monoisotopic (exact) mass is 388 g/mol. The average Bonchev–Trinajstić information content (AvgIpc) is 2.37. The number of aromatic nitrogens is 1. The molecule has 0 atom stereocenters. The van der Waals surface area contributed by atoms with Crippen molar-refractivity contribution in [3.63, 3.8) is 0 Å². The fourth-order valence-electron chi connectivity index (χ4n) is 1.56. The van der Waals surface area contributed by atoms with Crippen LogP contribution in [-0.2, 0) is 9.84 Å². The van der Waals surface area contributed by atoms with Crippen LogP contribution in [0.4, 0.5) is 5.69 Å². The average molecular weight is 390 g/mol. The van der Waals surface area contributed by atoms with Gasteiger partial charge in [-0.05, 0) is 30.3 Å². The van der Waals surface area contributed by atoms with Crippen LogP contribution >= 0.6 is 27.5 Å². The molecule has 0 fully saturated rings. The fraction of sp³-hybridized carbons (Fsp3) is 0.0769. The second kappa shape index (κ2) is 6.13. The molecule has 0 aliphatic heterocycles. The van der Waals surface area contributed by atoms with E-state index in [-0.39, 0.29) is 10.9 Å². The minimum Gasteiger partial charge on any atom is -0.321 e. The number of amides is 1. The number of sulfone groups is 1. The summed E-state index contributed by atoms with van der Waals surface area (Å²) < 4.78 is 23.3. The van der Waals surface area contributed by atoms with E-state index in [9.17, 15) is 13.2 Å². The van der Waals surface area contributed by atoms with Gasteiger partial charge in [-0.15, -0.1) is 0 Å². The standard InChI is InChI=1S/C13H10BrClN2O3S/c1-21(19,20)12-3-2-11(7-16-12)17-13(18)8-4-9(14)6-10(15)5-8/h2-7H,1H3,(H,17,18). The van der Waals surface area contributed by atoms with Gasteiger partial charge in [-0.2, -0.15) is 0 Å². The second-order valence-corrected chi connectivity index (χ2v) is 7.58. The van der Waals surface area contributed by atoms with E-state index in [1.807, 2.05) is 0 Å². The minimum absolute atomic E-state index is 0.0500. The summed E-state index contributed by atoms with van der Waals surface area (Å²) in [6.45, 7) is 0. The quantitative estimate of drug-likeness (QED) is 0.875. The first-order valence-corrected chi connectivity index (χ1v) is 8.75. The highest BCUT2D eigenvalue weighted by Gasteiger charge is 2.11. The number of anilines is 1. The Hall–Kier alpha value is -1.44. The lowest BCUT2D eigenvalue weighted by atomic mass is 10.2. The molecule has 110 valence electrons. The van der Waals surface area contributed by atoms with Crippen LogP contribution in [0.15, 0.2) is 46.0 Å². The molecule has 1 aromatic carbocycles. The Morgan fingerprint density at radius 2 is 2.00 bits per heavy atom. The number of rotatable bonds is 3. The lowest BCUT2D eigenvalue weighted by Crippen LogP contribution is -2.12.